The van der Waals surface area contributed by atoms with Crippen molar-refractivity contribution < 1.29 is 14.2 Å². The van der Waals surface area contributed by atoms with Crippen LogP contribution in [0.5, 0.6) is 11.5 Å². The number of allylic oxidation sites excluding steroid dienone is 1. The molecule has 0 saturated carbocycles. The van der Waals surface area contributed by atoms with E-state index >= 15 is 0 Å². The van der Waals surface area contributed by atoms with E-state index in [9.17, 15) is 0 Å². The van der Waals surface area contributed by atoms with E-state index in [0.29, 0.717) is 13.4 Å². The SMILES string of the molecule is C=CCCCCCOCc1ccc2c(c1)OCO2. The summed E-state index contributed by atoms with van der Waals surface area (Å²) in [6.45, 7) is 5.48. The van der Waals surface area contributed by atoms with Crippen molar-refractivity contribution in [3.05, 3.63) is 36.4 Å². The van der Waals surface area contributed by atoms with Crippen LogP contribution in [0, 0.1) is 0 Å². The van der Waals surface area contributed by atoms with Gasteiger partial charge in [-0.3, -0.25) is 0 Å². The molecule has 0 spiro atoms. The summed E-state index contributed by atoms with van der Waals surface area (Å²) in [7, 11) is 0. The fourth-order valence-corrected chi connectivity index (χ4v) is 1.89. The molecule has 1 aromatic carbocycles. The molecule has 18 heavy (non-hydrogen) atoms. The summed E-state index contributed by atoms with van der Waals surface area (Å²) in [5, 5.41) is 0. The van der Waals surface area contributed by atoms with Gasteiger partial charge in [-0.15, -0.1) is 6.58 Å². The van der Waals surface area contributed by atoms with Gasteiger partial charge in [-0.05, 0) is 37.0 Å². The molecular formula is C15H20O3. The molecule has 1 aliphatic rings. The molecule has 98 valence electrons. The van der Waals surface area contributed by atoms with Crippen LogP contribution in [0.4, 0.5) is 0 Å². The molecule has 1 aromatic rings. The van der Waals surface area contributed by atoms with E-state index in [1.54, 1.807) is 0 Å². The second-order valence-electron chi connectivity index (χ2n) is 4.38. The largest absolute Gasteiger partial charge is 0.454 e. The molecule has 0 N–H and O–H groups in total. The lowest BCUT2D eigenvalue weighted by Crippen LogP contribution is -1.95. The Labute approximate surface area is 108 Å². The predicted octanol–water partition coefficient (Wildman–Crippen LogP) is 3.68. The lowest BCUT2D eigenvalue weighted by molar-refractivity contribution is 0.116. The number of unbranched alkanes of at least 4 members (excludes halogenated alkanes) is 3. The zero-order chi connectivity index (χ0) is 12.6. The molecule has 0 aromatic heterocycles. The van der Waals surface area contributed by atoms with Gasteiger partial charge in [0.1, 0.15) is 0 Å². The number of rotatable bonds is 8. The minimum absolute atomic E-state index is 0.322. The maximum absolute atomic E-state index is 5.64. The first kappa shape index (κ1) is 13.0. The van der Waals surface area contributed by atoms with Crippen molar-refractivity contribution in [1.82, 2.24) is 0 Å². The molecule has 0 unspecified atom stereocenters. The van der Waals surface area contributed by atoms with Crippen LogP contribution in [0.2, 0.25) is 0 Å². The maximum atomic E-state index is 5.64. The summed E-state index contributed by atoms with van der Waals surface area (Å²) in [5.41, 5.74) is 1.13. The van der Waals surface area contributed by atoms with E-state index in [0.717, 1.165) is 36.5 Å². The quantitative estimate of drug-likeness (QED) is 0.519. The zero-order valence-corrected chi connectivity index (χ0v) is 10.7. The van der Waals surface area contributed by atoms with Crippen LogP contribution in [0.25, 0.3) is 0 Å². The Hall–Kier alpha value is -1.48. The highest BCUT2D eigenvalue weighted by Gasteiger charge is 2.12. The molecule has 0 amide bonds. The van der Waals surface area contributed by atoms with Crippen LogP contribution in [0.1, 0.15) is 31.2 Å². The van der Waals surface area contributed by atoms with Gasteiger partial charge in [0.15, 0.2) is 11.5 Å². The number of fused-ring (bicyclic) bond motifs is 1. The van der Waals surface area contributed by atoms with Crippen LogP contribution in [-0.2, 0) is 11.3 Å². The molecule has 3 heteroatoms. The Morgan fingerprint density at radius 1 is 1.17 bits per heavy atom. The van der Waals surface area contributed by atoms with Crippen molar-refractivity contribution in [2.75, 3.05) is 13.4 Å². The Morgan fingerprint density at radius 2 is 2.06 bits per heavy atom. The molecule has 0 fully saturated rings. The molecule has 0 atom stereocenters. The fourth-order valence-electron chi connectivity index (χ4n) is 1.89. The molecule has 0 aliphatic carbocycles. The summed E-state index contributed by atoms with van der Waals surface area (Å²) >= 11 is 0. The predicted molar refractivity (Wildman–Crippen MR) is 70.9 cm³/mol. The van der Waals surface area contributed by atoms with E-state index < -0.39 is 0 Å². The molecular weight excluding hydrogens is 228 g/mol. The van der Waals surface area contributed by atoms with E-state index in [2.05, 4.69) is 6.58 Å². The second-order valence-corrected chi connectivity index (χ2v) is 4.38. The fraction of sp³-hybridized carbons (Fsp3) is 0.467. The third-order valence-electron chi connectivity index (χ3n) is 2.90. The Bertz CT molecular complexity index is 387. The zero-order valence-electron chi connectivity index (χ0n) is 10.7. The van der Waals surface area contributed by atoms with Gasteiger partial charge < -0.3 is 14.2 Å². The Balaban J connectivity index is 1.63. The molecule has 2 rings (SSSR count). The second kappa shape index (κ2) is 7.07. The topological polar surface area (TPSA) is 27.7 Å². The first-order chi connectivity index (χ1) is 8.90. The molecule has 0 bridgehead atoms. The van der Waals surface area contributed by atoms with E-state index in [1.807, 2.05) is 24.3 Å². The highest BCUT2D eigenvalue weighted by atomic mass is 16.7. The summed E-state index contributed by atoms with van der Waals surface area (Å²) in [6.07, 6.45) is 6.58. The van der Waals surface area contributed by atoms with Gasteiger partial charge in [0, 0.05) is 6.61 Å². The summed E-state index contributed by atoms with van der Waals surface area (Å²) < 4.78 is 16.2. The third kappa shape index (κ3) is 3.77. The smallest absolute Gasteiger partial charge is 0.231 e. The van der Waals surface area contributed by atoms with Gasteiger partial charge in [-0.1, -0.05) is 18.6 Å². The summed E-state index contributed by atoms with van der Waals surface area (Å²) in [4.78, 5) is 0. The van der Waals surface area contributed by atoms with Crippen molar-refractivity contribution >= 4 is 0 Å². The first-order valence-electron chi connectivity index (χ1n) is 6.47. The van der Waals surface area contributed by atoms with Gasteiger partial charge in [-0.25, -0.2) is 0 Å². The van der Waals surface area contributed by atoms with Crippen molar-refractivity contribution in [1.29, 1.82) is 0 Å². The van der Waals surface area contributed by atoms with Gasteiger partial charge in [-0.2, -0.15) is 0 Å². The first-order valence-corrected chi connectivity index (χ1v) is 6.47. The molecule has 0 saturated heterocycles. The van der Waals surface area contributed by atoms with E-state index in [1.165, 1.54) is 12.8 Å². The maximum Gasteiger partial charge on any atom is 0.231 e. The van der Waals surface area contributed by atoms with Crippen molar-refractivity contribution in [3.8, 4) is 11.5 Å². The highest BCUT2D eigenvalue weighted by Crippen LogP contribution is 2.32. The molecule has 0 radical (unpaired) electrons. The third-order valence-corrected chi connectivity index (χ3v) is 2.90. The molecule has 1 aliphatic heterocycles. The van der Waals surface area contributed by atoms with E-state index in [-0.39, 0.29) is 0 Å². The summed E-state index contributed by atoms with van der Waals surface area (Å²) in [6, 6.07) is 5.94. The normalized spacial score (nSPS) is 12.7. The van der Waals surface area contributed by atoms with E-state index in [4.69, 9.17) is 14.2 Å². The van der Waals surface area contributed by atoms with Crippen LogP contribution in [0.3, 0.4) is 0 Å². The number of ether oxygens (including phenoxy) is 3. The minimum Gasteiger partial charge on any atom is -0.454 e. The van der Waals surface area contributed by atoms with Gasteiger partial charge in [0.2, 0.25) is 6.79 Å². The van der Waals surface area contributed by atoms with Crippen LogP contribution in [0.15, 0.2) is 30.9 Å². The van der Waals surface area contributed by atoms with Crippen molar-refractivity contribution in [3.63, 3.8) is 0 Å². The van der Waals surface area contributed by atoms with Crippen molar-refractivity contribution in [2.24, 2.45) is 0 Å². The van der Waals surface area contributed by atoms with Crippen LogP contribution >= 0.6 is 0 Å². The highest BCUT2D eigenvalue weighted by molar-refractivity contribution is 5.44. The Morgan fingerprint density at radius 3 is 2.94 bits per heavy atom. The van der Waals surface area contributed by atoms with Crippen molar-refractivity contribution in [2.45, 2.75) is 32.3 Å². The lowest BCUT2D eigenvalue weighted by atomic mass is 10.2. The minimum atomic E-state index is 0.322. The standard InChI is InChI=1S/C15H20O3/c1-2-3-4-5-6-9-16-11-13-7-8-14-15(10-13)18-12-17-14/h2,7-8,10H,1,3-6,9,11-12H2. The van der Waals surface area contributed by atoms with Gasteiger partial charge >= 0.3 is 0 Å². The average Bonchev–Trinajstić information content (AvgIpc) is 2.85. The summed E-state index contributed by atoms with van der Waals surface area (Å²) in [5.74, 6) is 1.64. The lowest BCUT2D eigenvalue weighted by Gasteiger charge is -2.05. The number of hydrogen-bond acceptors (Lipinski definition) is 3. The molecule has 3 nitrogen and oxygen atoms in total. The number of benzene rings is 1. The average molecular weight is 248 g/mol. The number of hydrogen-bond donors (Lipinski definition) is 0. The Kier molecular flexibility index (Phi) is 5.09. The molecule has 1 heterocycles. The van der Waals surface area contributed by atoms with Crippen LogP contribution in [-0.4, -0.2) is 13.4 Å². The van der Waals surface area contributed by atoms with Gasteiger partial charge in [0.05, 0.1) is 6.61 Å². The van der Waals surface area contributed by atoms with Crippen LogP contribution < -0.4 is 9.47 Å². The van der Waals surface area contributed by atoms with Gasteiger partial charge in [0.25, 0.3) is 0 Å². The monoisotopic (exact) mass is 248 g/mol.